The van der Waals surface area contributed by atoms with Crippen LogP contribution in [0.15, 0.2) is 97.2 Å². The van der Waals surface area contributed by atoms with Gasteiger partial charge in [0.25, 0.3) is 0 Å². The van der Waals surface area contributed by atoms with Gasteiger partial charge in [0, 0.05) is 19.3 Å². The van der Waals surface area contributed by atoms with Crippen molar-refractivity contribution < 1.29 is 28.6 Å². The predicted octanol–water partition coefficient (Wildman–Crippen LogP) is 18.5. The molecule has 6 heteroatoms. The van der Waals surface area contributed by atoms with Gasteiger partial charge in [-0.15, -0.1) is 0 Å². The highest BCUT2D eigenvalue weighted by molar-refractivity contribution is 5.71. The molecule has 67 heavy (non-hydrogen) atoms. The zero-order valence-corrected chi connectivity index (χ0v) is 43.6. The van der Waals surface area contributed by atoms with Crippen LogP contribution in [-0.2, 0) is 28.6 Å². The van der Waals surface area contributed by atoms with Crippen LogP contribution in [0.25, 0.3) is 0 Å². The van der Waals surface area contributed by atoms with Crippen molar-refractivity contribution in [1.82, 2.24) is 0 Å². The van der Waals surface area contributed by atoms with Gasteiger partial charge in [0.05, 0.1) is 0 Å². The van der Waals surface area contributed by atoms with Crippen LogP contribution in [0.1, 0.15) is 252 Å². The van der Waals surface area contributed by atoms with E-state index >= 15 is 0 Å². The van der Waals surface area contributed by atoms with E-state index in [-0.39, 0.29) is 31.1 Å². The second kappa shape index (κ2) is 54.9. The predicted molar refractivity (Wildman–Crippen MR) is 288 cm³/mol. The van der Waals surface area contributed by atoms with Gasteiger partial charge in [0.2, 0.25) is 0 Å². The molecule has 0 radical (unpaired) electrons. The van der Waals surface area contributed by atoms with E-state index in [0.29, 0.717) is 19.3 Å². The molecule has 0 saturated carbocycles. The van der Waals surface area contributed by atoms with Crippen LogP contribution in [0.4, 0.5) is 0 Å². The van der Waals surface area contributed by atoms with E-state index in [9.17, 15) is 14.4 Å². The third kappa shape index (κ3) is 53.2. The molecule has 0 aromatic rings. The number of rotatable bonds is 49. The quantitative estimate of drug-likeness (QED) is 0.0262. The summed E-state index contributed by atoms with van der Waals surface area (Å²) in [4.78, 5) is 37.8. The van der Waals surface area contributed by atoms with Crippen molar-refractivity contribution in [1.29, 1.82) is 0 Å². The molecule has 0 aromatic heterocycles. The van der Waals surface area contributed by atoms with Gasteiger partial charge in [-0.25, -0.2) is 0 Å². The maximum atomic E-state index is 12.8. The van der Waals surface area contributed by atoms with E-state index in [1.54, 1.807) is 0 Å². The van der Waals surface area contributed by atoms with E-state index in [1.807, 2.05) is 0 Å². The second-order valence-corrected chi connectivity index (χ2v) is 18.1. The molecule has 382 valence electrons. The van der Waals surface area contributed by atoms with Crippen molar-refractivity contribution in [3.05, 3.63) is 97.2 Å². The average Bonchev–Trinajstić information content (AvgIpc) is 3.33. The number of carbonyl (C=O) groups is 3. The lowest BCUT2D eigenvalue weighted by atomic mass is 10.1. The highest BCUT2D eigenvalue weighted by atomic mass is 16.6. The molecule has 0 fully saturated rings. The Labute approximate surface area is 413 Å². The van der Waals surface area contributed by atoms with Crippen molar-refractivity contribution in [2.24, 2.45) is 0 Å². The van der Waals surface area contributed by atoms with E-state index in [2.05, 4.69) is 118 Å². The molecule has 0 aliphatic carbocycles. The summed E-state index contributed by atoms with van der Waals surface area (Å²) >= 11 is 0. The van der Waals surface area contributed by atoms with E-state index in [1.165, 1.54) is 83.5 Å². The Balaban J connectivity index is 4.16. The fourth-order valence-corrected chi connectivity index (χ4v) is 7.42. The maximum absolute atomic E-state index is 12.8. The Kier molecular flexibility index (Phi) is 51.9. The fraction of sp³-hybridized carbons (Fsp3) is 0.689. The number of hydrogen-bond acceptors (Lipinski definition) is 6. The lowest BCUT2D eigenvalue weighted by molar-refractivity contribution is -0.167. The normalized spacial score (nSPS) is 12.8. The summed E-state index contributed by atoms with van der Waals surface area (Å²) in [5.41, 5.74) is 0. The molecular formula is C61H102O6. The van der Waals surface area contributed by atoms with E-state index in [0.717, 1.165) is 128 Å². The Morgan fingerprint density at radius 2 is 0.582 bits per heavy atom. The summed E-state index contributed by atoms with van der Waals surface area (Å²) in [5.74, 6) is -0.919. The van der Waals surface area contributed by atoms with Crippen molar-refractivity contribution in [3.63, 3.8) is 0 Å². The number of esters is 3. The zero-order valence-electron chi connectivity index (χ0n) is 43.6. The van der Waals surface area contributed by atoms with Gasteiger partial charge in [0.15, 0.2) is 6.10 Å². The second-order valence-electron chi connectivity index (χ2n) is 18.1. The Morgan fingerprint density at radius 3 is 0.940 bits per heavy atom. The van der Waals surface area contributed by atoms with Gasteiger partial charge in [-0.05, 0) is 103 Å². The van der Waals surface area contributed by atoms with E-state index < -0.39 is 6.10 Å². The largest absolute Gasteiger partial charge is 0.462 e. The fourth-order valence-electron chi connectivity index (χ4n) is 7.42. The van der Waals surface area contributed by atoms with Crippen LogP contribution < -0.4 is 0 Å². The topological polar surface area (TPSA) is 78.9 Å². The zero-order chi connectivity index (χ0) is 48.6. The maximum Gasteiger partial charge on any atom is 0.306 e. The number of carbonyl (C=O) groups excluding carboxylic acids is 3. The molecule has 0 spiro atoms. The van der Waals surface area contributed by atoms with Crippen molar-refractivity contribution in [3.8, 4) is 0 Å². The van der Waals surface area contributed by atoms with Crippen molar-refractivity contribution in [2.75, 3.05) is 13.2 Å². The molecule has 6 nitrogen and oxygen atoms in total. The molecule has 0 amide bonds. The Morgan fingerprint density at radius 1 is 0.313 bits per heavy atom. The summed E-state index contributed by atoms with van der Waals surface area (Å²) in [7, 11) is 0. The minimum Gasteiger partial charge on any atom is -0.462 e. The summed E-state index contributed by atoms with van der Waals surface area (Å²) < 4.78 is 16.7. The molecule has 0 heterocycles. The monoisotopic (exact) mass is 931 g/mol. The third-order valence-electron chi connectivity index (χ3n) is 11.6. The first-order chi connectivity index (χ1) is 33.0. The standard InChI is InChI=1S/C61H102O6/c1-4-7-10-13-15-17-19-21-23-25-27-28-29-30-31-32-34-35-37-39-41-43-45-48-51-54-60(63)66-57-58(56-65-59(62)53-50-47-12-9-6-3)67-61(64)55-52-49-46-44-42-40-38-36-33-26-24-22-20-18-16-14-11-8-5-2/h7,10,15-18,21-24,27-28,30-31,33,36,58H,4-6,8-9,11-14,19-20,25-26,29,32,34-35,37-57H2,1-3H3/b10-7-,17-15-,18-16-,23-21-,24-22-,28-27-,31-30-,36-33-. The minimum absolute atomic E-state index is 0.0858. The summed E-state index contributed by atoms with van der Waals surface area (Å²) in [5, 5.41) is 0. The molecule has 0 N–H and O–H groups in total. The average molecular weight is 931 g/mol. The molecule has 0 saturated heterocycles. The van der Waals surface area contributed by atoms with Gasteiger partial charge in [-0.3, -0.25) is 14.4 Å². The van der Waals surface area contributed by atoms with Gasteiger partial charge >= 0.3 is 17.9 Å². The number of unbranched alkanes of at least 4 members (excludes halogenated alkanes) is 22. The molecule has 1 unspecified atom stereocenters. The highest BCUT2D eigenvalue weighted by Gasteiger charge is 2.19. The molecule has 0 aromatic carbocycles. The Bertz CT molecular complexity index is 1350. The van der Waals surface area contributed by atoms with Crippen LogP contribution in [0, 0.1) is 0 Å². The number of allylic oxidation sites excluding steroid dienone is 16. The molecule has 0 bridgehead atoms. The van der Waals surface area contributed by atoms with Gasteiger partial charge < -0.3 is 14.2 Å². The molecule has 0 rings (SSSR count). The smallest absolute Gasteiger partial charge is 0.306 e. The highest BCUT2D eigenvalue weighted by Crippen LogP contribution is 2.14. The van der Waals surface area contributed by atoms with E-state index in [4.69, 9.17) is 14.2 Å². The molecule has 1 atom stereocenters. The van der Waals surface area contributed by atoms with Gasteiger partial charge in [-0.2, -0.15) is 0 Å². The lowest BCUT2D eigenvalue weighted by Crippen LogP contribution is -2.30. The lowest BCUT2D eigenvalue weighted by Gasteiger charge is -2.18. The summed E-state index contributed by atoms with van der Waals surface area (Å²) in [6.45, 7) is 6.40. The van der Waals surface area contributed by atoms with Crippen LogP contribution in [0.2, 0.25) is 0 Å². The number of ether oxygens (including phenoxy) is 3. The van der Waals surface area contributed by atoms with Crippen LogP contribution >= 0.6 is 0 Å². The van der Waals surface area contributed by atoms with Gasteiger partial charge in [0.1, 0.15) is 13.2 Å². The SMILES string of the molecule is CC/C=C\C/C=C\C/C=C\C/C=C\C/C=C\CCCCCCCCCCCC(=O)OCC(COC(=O)CCCCCCC)OC(=O)CCCCCCCC/C=C\C/C=C\C/C=C\CCCCC. The van der Waals surface area contributed by atoms with Gasteiger partial charge in [-0.1, -0.05) is 227 Å². The first kappa shape index (κ1) is 63.3. The molecule has 0 aliphatic heterocycles. The number of hydrogen-bond donors (Lipinski definition) is 0. The van der Waals surface area contributed by atoms with Crippen LogP contribution in [0.5, 0.6) is 0 Å². The molecule has 0 aliphatic rings. The van der Waals surface area contributed by atoms with Crippen molar-refractivity contribution in [2.45, 2.75) is 258 Å². The Hall–Kier alpha value is -3.67. The first-order valence-electron chi connectivity index (χ1n) is 27.7. The third-order valence-corrected chi connectivity index (χ3v) is 11.6. The summed E-state index contributed by atoms with van der Waals surface area (Å²) in [6.07, 6.45) is 72.9. The van der Waals surface area contributed by atoms with Crippen molar-refractivity contribution >= 4 is 17.9 Å². The van der Waals surface area contributed by atoms with Crippen LogP contribution in [0.3, 0.4) is 0 Å². The molecular weight excluding hydrogens is 829 g/mol. The van der Waals surface area contributed by atoms with Crippen LogP contribution in [-0.4, -0.2) is 37.2 Å². The summed E-state index contributed by atoms with van der Waals surface area (Å²) in [6, 6.07) is 0. The minimum atomic E-state index is -0.784. The first-order valence-corrected chi connectivity index (χ1v) is 27.7.